The molecule has 2 rings (SSSR count). The van der Waals surface area contributed by atoms with Crippen LogP contribution in [0.3, 0.4) is 0 Å². The van der Waals surface area contributed by atoms with Crippen LogP contribution in [0, 0.1) is 0 Å². The van der Waals surface area contributed by atoms with Gasteiger partial charge in [0.1, 0.15) is 0 Å². The first-order chi connectivity index (χ1) is 7.77. The normalized spacial score (nSPS) is 14.1. The third-order valence-corrected chi connectivity index (χ3v) is 2.57. The molecule has 0 spiro atoms. The number of hydrogen-bond donors (Lipinski definition) is 0. The molecule has 0 N–H and O–H groups in total. The lowest BCUT2D eigenvalue weighted by atomic mass is 10.0. The van der Waals surface area contributed by atoms with E-state index in [4.69, 9.17) is 0 Å². The van der Waals surface area contributed by atoms with Gasteiger partial charge in [-0.3, -0.25) is 4.98 Å². The number of aromatic nitrogens is 1. The molecule has 0 saturated heterocycles. The maximum Gasteiger partial charge on any atom is 0.0705 e. The van der Waals surface area contributed by atoms with Crippen molar-refractivity contribution in [1.82, 2.24) is 4.98 Å². The third kappa shape index (κ3) is 2.39. The minimum absolute atomic E-state index is 0.533. The Hall–Kier alpha value is -1.85. The van der Waals surface area contributed by atoms with Crippen LogP contribution in [0.4, 0.5) is 0 Å². The van der Waals surface area contributed by atoms with Gasteiger partial charge in [0.2, 0.25) is 0 Å². The van der Waals surface area contributed by atoms with Crippen molar-refractivity contribution in [3.05, 3.63) is 65.7 Å². The lowest BCUT2D eigenvalue weighted by molar-refractivity contribution is 0.862. The van der Waals surface area contributed by atoms with Crippen molar-refractivity contribution in [1.29, 1.82) is 0 Å². The monoisotopic (exact) mass is 209 g/mol. The second kappa shape index (κ2) is 4.78. The maximum atomic E-state index is 4.41. The molecule has 16 heavy (non-hydrogen) atoms. The Balaban J connectivity index is 2.38. The molecule has 1 heterocycles. The summed E-state index contributed by atoms with van der Waals surface area (Å²) in [4.78, 5) is 4.41. The SMILES string of the molecule is CC(C)c1ccnc(C2=CC=C=CC=C2)c1. The van der Waals surface area contributed by atoms with E-state index in [1.807, 2.05) is 30.5 Å². The molecule has 1 nitrogen and oxygen atoms in total. The highest BCUT2D eigenvalue weighted by Crippen LogP contribution is 2.20. The molecule has 1 aromatic rings. The van der Waals surface area contributed by atoms with Crippen LogP contribution in [-0.4, -0.2) is 4.98 Å². The van der Waals surface area contributed by atoms with E-state index in [0.717, 1.165) is 11.3 Å². The van der Waals surface area contributed by atoms with Gasteiger partial charge in [0.15, 0.2) is 0 Å². The zero-order valence-corrected chi connectivity index (χ0v) is 9.64. The summed E-state index contributed by atoms with van der Waals surface area (Å²) in [5.41, 5.74) is 6.52. The highest BCUT2D eigenvalue weighted by atomic mass is 14.7. The summed E-state index contributed by atoms with van der Waals surface area (Å²) >= 11 is 0. The minimum atomic E-state index is 0.533. The second-order valence-electron chi connectivity index (χ2n) is 4.11. The first-order valence-electron chi connectivity index (χ1n) is 5.53. The van der Waals surface area contributed by atoms with Gasteiger partial charge in [-0.2, -0.15) is 0 Å². The lowest BCUT2D eigenvalue weighted by Gasteiger charge is -2.07. The number of rotatable bonds is 2. The van der Waals surface area contributed by atoms with Crippen LogP contribution in [-0.2, 0) is 0 Å². The highest BCUT2D eigenvalue weighted by Gasteiger charge is 2.03. The van der Waals surface area contributed by atoms with Crippen LogP contribution < -0.4 is 0 Å². The zero-order valence-electron chi connectivity index (χ0n) is 9.64. The molecule has 0 amide bonds. The Morgan fingerprint density at radius 1 is 1.25 bits per heavy atom. The number of hydrogen-bond acceptors (Lipinski definition) is 1. The summed E-state index contributed by atoms with van der Waals surface area (Å²) in [6, 6.07) is 4.23. The molecule has 0 fully saturated rings. The van der Waals surface area contributed by atoms with Crippen LogP contribution >= 0.6 is 0 Å². The predicted molar refractivity (Wildman–Crippen MR) is 68.1 cm³/mol. The summed E-state index contributed by atoms with van der Waals surface area (Å²) in [6.45, 7) is 4.38. The Morgan fingerprint density at radius 2 is 2.12 bits per heavy atom. The molecule has 0 atom stereocenters. The Labute approximate surface area is 96.5 Å². The van der Waals surface area contributed by atoms with Gasteiger partial charge in [-0.1, -0.05) is 26.0 Å². The van der Waals surface area contributed by atoms with Crippen molar-refractivity contribution in [3.63, 3.8) is 0 Å². The molecule has 0 unspecified atom stereocenters. The van der Waals surface area contributed by atoms with Crippen molar-refractivity contribution < 1.29 is 0 Å². The zero-order chi connectivity index (χ0) is 11.4. The van der Waals surface area contributed by atoms with E-state index in [9.17, 15) is 0 Å². The van der Waals surface area contributed by atoms with Gasteiger partial charge in [0, 0.05) is 11.8 Å². The summed E-state index contributed by atoms with van der Waals surface area (Å²) in [5.74, 6) is 0.533. The largest absolute Gasteiger partial charge is 0.256 e. The topological polar surface area (TPSA) is 12.9 Å². The molecule has 0 bridgehead atoms. The fourth-order valence-corrected chi connectivity index (χ4v) is 1.59. The Morgan fingerprint density at radius 3 is 2.94 bits per heavy atom. The average molecular weight is 209 g/mol. The first-order valence-corrected chi connectivity index (χ1v) is 5.53. The molecular weight excluding hydrogens is 194 g/mol. The molecule has 1 aliphatic carbocycles. The standard InChI is InChI=1S/C15H15N/c1-12(2)14-9-10-16-15(11-14)13-7-5-3-4-6-8-13/h3,5-12H,1-2H3. The van der Waals surface area contributed by atoms with E-state index in [1.165, 1.54) is 5.56 Å². The predicted octanol–water partition coefficient (Wildman–Crippen LogP) is 3.87. The van der Waals surface area contributed by atoms with Crippen LogP contribution in [0.25, 0.3) is 5.57 Å². The Bertz CT molecular complexity index is 498. The van der Waals surface area contributed by atoms with E-state index < -0.39 is 0 Å². The molecule has 0 aliphatic heterocycles. The number of nitrogens with zero attached hydrogens (tertiary/aromatic N) is 1. The van der Waals surface area contributed by atoms with Gasteiger partial charge in [-0.25, -0.2) is 0 Å². The van der Waals surface area contributed by atoms with E-state index in [1.54, 1.807) is 0 Å². The van der Waals surface area contributed by atoms with Crippen molar-refractivity contribution in [2.75, 3.05) is 0 Å². The fraction of sp³-hybridized carbons (Fsp3) is 0.200. The van der Waals surface area contributed by atoms with Crippen LogP contribution in [0.2, 0.25) is 0 Å². The molecule has 0 saturated carbocycles. The van der Waals surface area contributed by atoms with Gasteiger partial charge in [0.05, 0.1) is 5.69 Å². The molecule has 0 radical (unpaired) electrons. The summed E-state index contributed by atoms with van der Waals surface area (Å²) in [5, 5.41) is 0. The Kier molecular flexibility index (Phi) is 3.19. The van der Waals surface area contributed by atoms with Crippen molar-refractivity contribution in [2.45, 2.75) is 19.8 Å². The van der Waals surface area contributed by atoms with Gasteiger partial charge in [-0.15, -0.1) is 5.73 Å². The van der Waals surface area contributed by atoms with E-state index in [2.05, 4.69) is 42.8 Å². The van der Waals surface area contributed by atoms with Crippen LogP contribution in [0.5, 0.6) is 0 Å². The second-order valence-corrected chi connectivity index (χ2v) is 4.11. The first kappa shape index (κ1) is 10.7. The fourth-order valence-electron chi connectivity index (χ4n) is 1.59. The van der Waals surface area contributed by atoms with Crippen LogP contribution in [0.1, 0.15) is 31.0 Å². The van der Waals surface area contributed by atoms with Gasteiger partial charge in [-0.05, 0) is 41.8 Å². The molecule has 0 aromatic carbocycles. The highest BCUT2D eigenvalue weighted by molar-refractivity contribution is 5.74. The number of allylic oxidation sites excluding steroid dienone is 5. The third-order valence-electron chi connectivity index (χ3n) is 2.57. The van der Waals surface area contributed by atoms with Gasteiger partial charge >= 0.3 is 0 Å². The van der Waals surface area contributed by atoms with E-state index >= 15 is 0 Å². The molecular formula is C15H15N. The van der Waals surface area contributed by atoms with Crippen LogP contribution in [0.15, 0.2) is 54.4 Å². The van der Waals surface area contributed by atoms with E-state index in [0.29, 0.717) is 5.92 Å². The molecule has 1 aromatic heterocycles. The molecule has 80 valence electrons. The van der Waals surface area contributed by atoms with E-state index in [-0.39, 0.29) is 0 Å². The average Bonchev–Trinajstić information content (AvgIpc) is 2.57. The lowest BCUT2D eigenvalue weighted by Crippen LogP contribution is -1.92. The quantitative estimate of drug-likeness (QED) is 0.674. The number of pyridine rings is 1. The summed E-state index contributed by atoms with van der Waals surface area (Å²) in [7, 11) is 0. The molecule has 1 heteroatoms. The summed E-state index contributed by atoms with van der Waals surface area (Å²) < 4.78 is 0. The van der Waals surface area contributed by atoms with Crippen molar-refractivity contribution >= 4 is 5.57 Å². The van der Waals surface area contributed by atoms with Gasteiger partial charge < -0.3 is 0 Å². The van der Waals surface area contributed by atoms with Gasteiger partial charge in [0.25, 0.3) is 0 Å². The summed E-state index contributed by atoms with van der Waals surface area (Å²) in [6.07, 6.45) is 11.8. The minimum Gasteiger partial charge on any atom is -0.256 e. The maximum absolute atomic E-state index is 4.41. The van der Waals surface area contributed by atoms with Crippen molar-refractivity contribution in [3.8, 4) is 0 Å². The molecule has 1 aliphatic rings. The smallest absolute Gasteiger partial charge is 0.0705 e. The van der Waals surface area contributed by atoms with Crippen molar-refractivity contribution in [2.24, 2.45) is 0 Å².